The summed E-state index contributed by atoms with van der Waals surface area (Å²) >= 11 is 5.96. The molecule has 0 radical (unpaired) electrons. The molecule has 0 bridgehead atoms. The molecule has 0 spiro atoms. The summed E-state index contributed by atoms with van der Waals surface area (Å²) in [6.45, 7) is 1.71. The zero-order valence-electron chi connectivity index (χ0n) is 10.8. The van der Waals surface area contributed by atoms with Crippen LogP contribution >= 0.6 is 11.6 Å². The van der Waals surface area contributed by atoms with Crippen LogP contribution < -0.4 is 0 Å². The monoisotopic (exact) mass is 292 g/mol. The summed E-state index contributed by atoms with van der Waals surface area (Å²) in [5.41, 5.74) is 1.29. The van der Waals surface area contributed by atoms with Gasteiger partial charge in [-0.1, -0.05) is 11.6 Å². The van der Waals surface area contributed by atoms with Crippen LogP contribution in [0.5, 0.6) is 0 Å². The number of rotatable bonds is 2. The van der Waals surface area contributed by atoms with E-state index in [9.17, 15) is 9.18 Å². The van der Waals surface area contributed by atoms with Crippen LogP contribution in [0.2, 0.25) is 5.02 Å². The molecular weight excluding hydrogens is 283 g/mol. The van der Waals surface area contributed by atoms with E-state index in [2.05, 4.69) is 5.10 Å². The molecule has 2 heterocycles. The molecule has 0 saturated carbocycles. The molecule has 0 aliphatic rings. The Kier molecular flexibility index (Phi) is 2.87. The highest BCUT2D eigenvalue weighted by Gasteiger charge is 2.24. The van der Waals surface area contributed by atoms with Crippen molar-refractivity contribution >= 4 is 28.4 Å². The van der Waals surface area contributed by atoms with Gasteiger partial charge in [0.1, 0.15) is 17.1 Å². The van der Waals surface area contributed by atoms with Gasteiger partial charge in [0, 0.05) is 18.0 Å². The number of fused-ring (bicyclic) bond motifs is 1. The zero-order valence-corrected chi connectivity index (χ0v) is 11.5. The van der Waals surface area contributed by atoms with Crippen molar-refractivity contribution in [2.24, 2.45) is 7.05 Å². The van der Waals surface area contributed by atoms with Gasteiger partial charge in [0.2, 0.25) is 5.78 Å². The second-order valence-corrected chi connectivity index (χ2v) is 4.90. The molecule has 6 heteroatoms. The van der Waals surface area contributed by atoms with E-state index < -0.39 is 0 Å². The van der Waals surface area contributed by atoms with Crippen molar-refractivity contribution in [3.05, 3.63) is 52.3 Å². The van der Waals surface area contributed by atoms with Gasteiger partial charge < -0.3 is 4.42 Å². The third-order valence-electron chi connectivity index (χ3n) is 3.21. The molecule has 20 heavy (non-hydrogen) atoms. The number of hydrogen-bond acceptors (Lipinski definition) is 3. The quantitative estimate of drug-likeness (QED) is 0.679. The van der Waals surface area contributed by atoms with Crippen LogP contribution in [0.1, 0.15) is 21.8 Å². The number of ketones is 1. The molecule has 2 aromatic heterocycles. The fourth-order valence-corrected chi connectivity index (χ4v) is 2.44. The number of nitrogens with zero attached hydrogens (tertiary/aromatic N) is 2. The topological polar surface area (TPSA) is 48.0 Å². The maximum atomic E-state index is 13.3. The molecule has 0 fully saturated rings. The van der Waals surface area contributed by atoms with Gasteiger partial charge in [-0.05, 0) is 25.1 Å². The van der Waals surface area contributed by atoms with Crippen molar-refractivity contribution in [2.75, 3.05) is 0 Å². The summed E-state index contributed by atoms with van der Waals surface area (Å²) in [6, 6.07) is 4.13. The summed E-state index contributed by atoms with van der Waals surface area (Å²) in [6.07, 6.45) is 1.40. The second kappa shape index (κ2) is 4.45. The smallest absolute Gasteiger partial charge is 0.247 e. The Morgan fingerprint density at radius 3 is 2.85 bits per heavy atom. The lowest BCUT2D eigenvalue weighted by Gasteiger charge is -2.00. The highest BCUT2D eigenvalue weighted by Crippen LogP contribution is 2.29. The number of furan rings is 1. The van der Waals surface area contributed by atoms with Gasteiger partial charge in [0.15, 0.2) is 5.76 Å². The summed E-state index contributed by atoms with van der Waals surface area (Å²) in [5.74, 6) is -0.598. The lowest BCUT2D eigenvalue weighted by atomic mass is 10.1. The van der Waals surface area contributed by atoms with Gasteiger partial charge in [0.25, 0.3) is 0 Å². The third kappa shape index (κ3) is 1.82. The molecule has 0 aliphatic heterocycles. The van der Waals surface area contributed by atoms with E-state index >= 15 is 0 Å². The van der Waals surface area contributed by atoms with Gasteiger partial charge in [0.05, 0.1) is 11.2 Å². The molecule has 0 aliphatic carbocycles. The van der Waals surface area contributed by atoms with E-state index in [0.29, 0.717) is 16.5 Å². The van der Waals surface area contributed by atoms with E-state index in [0.717, 1.165) is 0 Å². The molecule has 0 atom stereocenters. The number of carbonyl (C=O) groups is 1. The van der Waals surface area contributed by atoms with Gasteiger partial charge in [-0.25, -0.2) is 4.39 Å². The number of carbonyl (C=O) groups excluding carboxylic acids is 1. The minimum Gasteiger partial charge on any atom is -0.452 e. The minimum absolute atomic E-state index is 0.149. The van der Waals surface area contributed by atoms with Crippen LogP contribution in [0.3, 0.4) is 0 Å². The Morgan fingerprint density at radius 2 is 2.20 bits per heavy atom. The zero-order chi connectivity index (χ0) is 14.4. The van der Waals surface area contributed by atoms with Crippen molar-refractivity contribution in [3.8, 4) is 0 Å². The predicted molar refractivity (Wildman–Crippen MR) is 72.6 cm³/mol. The molecule has 102 valence electrons. The summed E-state index contributed by atoms with van der Waals surface area (Å²) < 4.78 is 20.2. The average Bonchev–Trinajstić information content (AvgIpc) is 2.91. The third-order valence-corrected chi connectivity index (χ3v) is 3.49. The fourth-order valence-electron chi connectivity index (χ4n) is 2.18. The molecule has 4 nitrogen and oxygen atoms in total. The largest absolute Gasteiger partial charge is 0.452 e. The van der Waals surface area contributed by atoms with Crippen LogP contribution in [0.4, 0.5) is 4.39 Å². The molecule has 1 aromatic carbocycles. The Hall–Kier alpha value is -2.14. The van der Waals surface area contributed by atoms with E-state index in [4.69, 9.17) is 16.0 Å². The Labute approximate surface area is 118 Å². The van der Waals surface area contributed by atoms with Crippen LogP contribution in [0.25, 0.3) is 11.0 Å². The highest BCUT2D eigenvalue weighted by molar-refractivity contribution is 6.34. The Balaban J connectivity index is 2.20. The summed E-state index contributed by atoms with van der Waals surface area (Å²) in [7, 11) is 1.62. The van der Waals surface area contributed by atoms with Crippen molar-refractivity contribution in [1.29, 1.82) is 0 Å². The molecule has 0 N–H and O–H groups in total. The number of benzene rings is 1. The van der Waals surface area contributed by atoms with Gasteiger partial charge >= 0.3 is 0 Å². The van der Waals surface area contributed by atoms with E-state index in [1.807, 2.05) is 0 Å². The van der Waals surface area contributed by atoms with E-state index in [1.165, 1.54) is 29.1 Å². The highest BCUT2D eigenvalue weighted by atomic mass is 35.5. The minimum atomic E-state index is -0.376. The lowest BCUT2D eigenvalue weighted by molar-refractivity contribution is 0.100. The van der Waals surface area contributed by atoms with Gasteiger partial charge in [-0.15, -0.1) is 0 Å². The summed E-state index contributed by atoms with van der Waals surface area (Å²) in [4.78, 5) is 12.5. The molecule has 3 rings (SSSR count). The predicted octanol–water partition coefficient (Wildman–Crippen LogP) is 3.50. The maximum Gasteiger partial charge on any atom is 0.247 e. The first-order valence-electron chi connectivity index (χ1n) is 5.90. The van der Waals surface area contributed by atoms with Crippen LogP contribution in [-0.2, 0) is 7.05 Å². The molecule has 0 amide bonds. The van der Waals surface area contributed by atoms with Crippen molar-refractivity contribution in [3.63, 3.8) is 0 Å². The van der Waals surface area contributed by atoms with Gasteiger partial charge in [-0.2, -0.15) is 5.10 Å². The normalized spacial score (nSPS) is 11.2. The first kappa shape index (κ1) is 12.9. The second-order valence-electron chi connectivity index (χ2n) is 4.49. The number of halogens is 2. The number of hydrogen-bond donors (Lipinski definition) is 0. The fraction of sp³-hybridized carbons (Fsp3) is 0.143. The maximum absolute atomic E-state index is 13.3. The Bertz CT molecular complexity index is 816. The van der Waals surface area contributed by atoms with E-state index in [-0.39, 0.29) is 28.1 Å². The number of aryl methyl sites for hydroxylation is 2. The number of aromatic nitrogens is 2. The first-order valence-corrected chi connectivity index (χ1v) is 6.27. The van der Waals surface area contributed by atoms with E-state index in [1.54, 1.807) is 14.0 Å². The average molecular weight is 293 g/mol. The van der Waals surface area contributed by atoms with Crippen molar-refractivity contribution in [1.82, 2.24) is 9.78 Å². The molecule has 3 aromatic rings. The standard InChI is InChI=1S/C14H10ClFN2O2/c1-7-9-5-8(16)3-4-11(9)20-14(7)13(19)12-10(15)6-17-18(12)2/h3-6H,1-2H3. The van der Waals surface area contributed by atoms with Crippen LogP contribution in [-0.4, -0.2) is 15.6 Å². The Morgan fingerprint density at radius 1 is 1.45 bits per heavy atom. The van der Waals surface area contributed by atoms with Crippen molar-refractivity contribution in [2.45, 2.75) is 6.92 Å². The summed E-state index contributed by atoms with van der Waals surface area (Å²) in [5, 5.41) is 4.75. The van der Waals surface area contributed by atoms with Gasteiger partial charge in [-0.3, -0.25) is 9.48 Å². The molecule has 0 unspecified atom stereocenters. The molecule has 0 saturated heterocycles. The van der Waals surface area contributed by atoms with Crippen LogP contribution in [0.15, 0.2) is 28.8 Å². The first-order chi connectivity index (χ1) is 9.49. The SMILES string of the molecule is Cc1c(C(=O)c2c(Cl)cnn2C)oc2ccc(F)cc12. The van der Waals surface area contributed by atoms with Crippen molar-refractivity contribution < 1.29 is 13.6 Å². The van der Waals surface area contributed by atoms with Crippen LogP contribution in [0, 0.1) is 12.7 Å². The molecular formula is C14H10ClFN2O2. The lowest BCUT2D eigenvalue weighted by Crippen LogP contribution is -2.09.